The Hall–Kier alpha value is -2.16. The fraction of sp³-hybridized carbons (Fsp3) is 0.571. The van der Waals surface area contributed by atoms with Gasteiger partial charge < -0.3 is 29.9 Å². The monoisotopic (exact) mass is 1080 g/mol. The molecule has 0 radical (unpaired) electrons. The summed E-state index contributed by atoms with van der Waals surface area (Å²) in [5, 5.41) is 47.4. The molecule has 2 aliphatic rings. The van der Waals surface area contributed by atoms with E-state index in [4.69, 9.17) is 9.47 Å². The topological polar surface area (TPSA) is 111 Å². The van der Waals surface area contributed by atoms with Gasteiger partial charge in [-0.2, -0.15) is 0 Å². The number of benzene rings is 4. The summed E-state index contributed by atoms with van der Waals surface area (Å²) in [4.78, 5) is 0. The van der Waals surface area contributed by atoms with Gasteiger partial charge >= 0.3 is 54.6 Å². The molecule has 4 aromatic rings. The first-order chi connectivity index (χ1) is 29.1. The van der Waals surface area contributed by atoms with E-state index in [2.05, 4.69) is 111 Å². The quantitative estimate of drug-likeness (QED) is 0.163. The smallest absolute Gasteiger partial charge is 0.872 e. The summed E-state index contributed by atoms with van der Waals surface area (Å²) in [6.07, 6.45) is 5.11. The zero-order chi connectivity index (χ0) is 47.1. The van der Waals surface area contributed by atoms with Crippen molar-refractivity contribution in [2.24, 2.45) is 0 Å². The van der Waals surface area contributed by atoms with Crippen LogP contribution in [0.25, 0.3) is 0 Å². The van der Waals surface area contributed by atoms with E-state index < -0.39 is 0 Å². The third-order valence-electron chi connectivity index (χ3n) is 10.9. The SMILES string of the molecule is C1CCOC1.C1CCOC1.CC(C)c1cccc(C(C)C)c1[O-].CC(C)c1cccc(C(C)C)c1[O-].CC(C)c1cccc(C(C)C)c1[O-].CC(C)c1cccc(C(C)C)c1[O-].[Cd+2].[Cd+2]. The molecular weight excluding hydrogens is 993 g/mol. The van der Waals surface area contributed by atoms with Crippen LogP contribution in [0, 0.1) is 0 Å². The average Bonchev–Trinajstić information content (AvgIpc) is 3.99. The molecule has 8 heteroatoms. The van der Waals surface area contributed by atoms with Crippen molar-refractivity contribution in [2.45, 2.75) is 184 Å². The Morgan fingerprint density at radius 1 is 0.281 bits per heavy atom. The number of hydrogen-bond acceptors (Lipinski definition) is 6. The Labute approximate surface area is 431 Å². The van der Waals surface area contributed by atoms with Crippen molar-refractivity contribution in [2.75, 3.05) is 26.4 Å². The summed E-state index contributed by atoms with van der Waals surface area (Å²) >= 11 is 0. The predicted molar refractivity (Wildman–Crippen MR) is 256 cm³/mol. The predicted octanol–water partition coefficient (Wildman–Crippen LogP) is 13.6. The second kappa shape index (κ2) is 34.2. The summed E-state index contributed by atoms with van der Waals surface area (Å²) in [7, 11) is 0. The van der Waals surface area contributed by atoms with Gasteiger partial charge in [-0.25, -0.2) is 0 Å². The Balaban J connectivity index is 0. The molecule has 2 fully saturated rings. The maximum Gasteiger partial charge on any atom is 2.00 e. The van der Waals surface area contributed by atoms with Gasteiger partial charge in [-0.3, -0.25) is 0 Å². The second-order valence-corrected chi connectivity index (χ2v) is 18.9. The van der Waals surface area contributed by atoms with Crippen LogP contribution in [0.3, 0.4) is 0 Å². The van der Waals surface area contributed by atoms with Gasteiger partial charge in [0.2, 0.25) is 0 Å². The van der Waals surface area contributed by atoms with E-state index in [0.29, 0.717) is 47.3 Å². The van der Waals surface area contributed by atoms with E-state index in [1.165, 1.54) is 25.7 Å². The van der Waals surface area contributed by atoms with Crippen molar-refractivity contribution in [1.82, 2.24) is 0 Å². The summed E-state index contributed by atoms with van der Waals surface area (Å²) < 4.78 is 9.89. The third-order valence-corrected chi connectivity index (χ3v) is 10.9. The van der Waals surface area contributed by atoms with E-state index in [-0.39, 0.29) is 77.6 Å². The Kier molecular flexibility index (Phi) is 34.1. The minimum absolute atomic E-state index is 0. The van der Waals surface area contributed by atoms with Crippen molar-refractivity contribution < 1.29 is 84.5 Å². The van der Waals surface area contributed by atoms with Gasteiger partial charge in [-0.15, -0.1) is 23.0 Å². The van der Waals surface area contributed by atoms with E-state index in [1.54, 1.807) is 0 Å². The molecule has 0 spiro atoms. The molecule has 0 bridgehead atoms. The van der Waals surface area contributed by atoms with E-state index in [9.17, 15) is 20.4 Å². The van der Waals surface area contributed by atoms with Crippen LogP contribution in [0.2, 0.25) is 0 Å². The molecule has 64 heavy (non-hydrogen) atoms. The molecule has 2 heterocycles. The van der Waals surface area contributed by atoms with Crippen LogP contribution in [0.5, 0.6) is 23.0 Å². The minimum Gasteiger partial charge on any atom is -0.872 e. The molecule has 0 aliphatic carbocycles. The molecule has 0 amide bonds. The Bertz CT molecular complexity index is 1450. The molecule has 2 saturated heterocycles. The van der Waals surface area contributed by atoms with Crippen LogP contribution in [0.15, 0.2) is 72.8 Å². The summed E-state index contributed by atoms with van der Waals surface area (Å²) in [6, 6.07) is 23.3. The fourth-order valence-electron chi connectivity index (χ4n) is 6.95. The number of ether oxygens (including phenoxy) is 2. The first-order valence-corrected chi connectivity index (χ1v) is 23.5. The summed E-state index contributed by atoms with van der Waals surface area (Å²) in [6.45, 7) is 36.9. The molecule has 0 N–H and O–H groups in total. The van der Waals surface area contributed by atoms with Crippen molar-refractivity contribution in [3.05, 3.63) is 117 Å². The summed E-state index contributed by atoms with van der Waals surface area (Å²) in [5.74, 6) is 3.52. The number of hydrogen-bond donors (Lipinski definition) is 0. The van der Waals surface area contributed by atoms with Gasteiger partial charge in [0.25, 0.3) is 0 Å². The molecule has 6 nitrogen and oxygen atoms in total. The van der Waals surface area contributed by atoms with Crippen LogP contribution in [0.1, 0.15) is 228 Å². The minimum atomic E-state index is 0. The molecule has 2 aliphatic heterocycles. The zero-order valence-electron chi connectivity index (χ0n) is 43.1. The first-order valence-electron chi connectivity index (χ1n) is 23.5. The zero-order valence-corrected chi connectivity index (χ0v) is 51.1. The van der Waals surface area contributed by atoms with Gasteiger partial charge in [0, 0.05) is 26.4 Å². The summed E-state index contributed by atoms with van der Waals surface area (Å²) in [5.41, 5.74) is 7.49. The van der Waals surface area contributed by atoms with E-state index in [1.807, 2.05) is 72.8 Å². The van der Waals surface area contributed by atoms with Gasteiger partial charge in [-0.1, -0.05) is 228 Å². The number of rotatable bonds is 8. The van der Waals surface area contributed by atoms with Crippen LogP contribution in [-0.4, -0.2) is 26.4 Å². The van der Waals surface area contributed by atoms with Crippen molar-refractivity contribution in [1.29, 1.82) is 0 Å². The normalized spacial score (nSPS) is 12.9. The Morgan fingerprint density at radius 3 is 0.484 bits per heavy atom. The van der Waals surface area contributed by atoms with Crippen molar-refractivity contribution in [3.63, 3.8) is 0 Å². The molecule has 348 valence electrons. The fourth-order valence-corrected chi connectivity index (χ4v) is 6.95. The number of para-hydroxylation sites is 4. The average molecular weight is 1080 g/mol. The van der Waals surface area contributed by atoms with Crippen molar-refractivity contribution in [3.8, 4) is 23.0 Å². The van der Waals surface area contributed by atoms with Crippen LogP contribution in [-0.2, 0) is 64.1 Å². The van der Waals surface area contributed by atoms with Crippen LogP contribution >= 0.6 is 0 Å². The first kappa shape index (κ1) is 63.9. The van der Waals surface area contributed by atoms with Gasteiger partial charge in [-0.05, 0) is 73.0 Å². The maximum absolute atomic E-state index is 11.9. The molecule has 6 rings (SSSR count). The molecule has 0 aromatic heterocycles. The van der Waals surface area contributed by atoms with Crippen LogP contribution in [0.4, 0.5) is 0 Å². The molecule has 0 saturated carbocycles. The van der Waals surface area contributed by atoms with E-state index >= 15 is 0 Å². The molecule has 4 aromatic carbocycles. The third kappa shape index (κ3) is 22.6. The Morgan fingerprint density at radius 2 is 0.406 bits per heavy atom. The van der Waals surface area contributed by atoms with E-state index in [0.717, 1.165) is 70.9 Å². The van der Waals surface area contributed by atoms with Crippen molar-refractivity contribution >= 4 is 0 Å². The molecular formula is C56H84Cd2O6. The standard InChI is InChI=1S/4C12H18O.2C4H8O.2Cd/c4*1-8(2)10-6-5-7-11(9(3)4)12(10)13;2*1-2-4-5-3-1;;/h4*5-9,13H,1-4H3;2*1-4H2;;/q;;;;;;2*+2/p-4. The van der Waals surface area contributed by atoms with Gasteiger partial charge in [0.15, 0.2) is 0 Å². The van der Waals surface area contributed by atoms with Gasteiger partial charge in [0.1, 0.15) is 0 Å². The second-order valence-electron chi connectivity index (χ2n) is 18.9. The van der Waals surface area contributed by atoms with Crippen LogP contribution < -0.4 is 20.4 Å². The largest absolute Gasteiger partial charge is 2.00 e. The maximum atomic E-state index is 11.9. The molecule has 0 atom stereocenters. The molecule has 0 unspecified atom stereocenters. The van der Waals surface area contributed by atoms with Gasteiger partial charge in [0.05, 0.1) is 0 Å².